The van der Waals surface area contributed by atoms with E-state index >= 15 is 0 Å². The first-order valence-electron chi connectivity index (χ1n) is 7.11. The van der Waals surface area contributed by atoms with Crippen molar-refractivity contribution in [1.29, 1.82) is 0 Å². The van der Waals surface area contributed by atoms with Crippen molar-refractivity contribution in [3.8, 4) is 0 Å². The van der Waals surface area contributed by atoms with E-state index in [9.17, 15) is 4.79 Å². The second kappa shape index (κ2) is 7.95. The van der Waals surface area contributed by atoms with Crippen LogP contribution in [0.2, 0.25) is 0 Å². The summed E-state index contributed by atoms with van der Waals surface area (Å²) in [6.07, 6.45) is 0. The SMILES string of the molecule is CCNCC(C)C(=O)NCc1ccc(C(C)C)cc1. The maximum Gasteiger partial charge on any atom is 0.224 e. The Balaban J connectivity index is 2.41. The third kappa shape index (κ3) is 5.43. The maximum absolute atomic E-state index is 11.8. The zero-order valence-electron chi connectivity index (χ0n) is 12.5. The monoisotopic (exact) mass is 262 g/mol. The summed E-state index contributed by atoms with van der Waals surface area (Å²) in [5.41, 5.74) is 2.48. The highest BCUT2D eigenvalue weighted by Gasteiger charge is 2.11. The molecule has 1 rings (SSSR count). The number of rotatable bonds is 7. The molecular weight excluding hydrogens is 236 g/mol. The molecule has 3 nitrogen and oxygen atoms in total. The van der Waals surface area contributed by atoms with Gasteiger partial charge < -0.3 is 10.6 Å². The van der Waals surface area contributed by atoms with Crippen molar-refractivity contribution in [3.63, 3.8) is 0 Å². The van der Waals surface area contributed by atoms with E-state index in [2.05, 4.69) is 48.7 Å². The highest BCUT2D eigenvalue weighted by atomic mass is 16.1. The Morgan fingerprint density at radius 3 is 2.32 bits per heavy atom. The van der Waals surface area contributed by atoms with Gasteiger partial charge >= 0.3 is 0 Å². The molecule has 106 valence electrons. The van der Waals surface area contributed by atoms with Gasteiger partial charge in [0.15, 0.2) is 0 Å². The van der Waals surface area contributed by atoms with Crippen LogP contribution in [0.25, 0.3) is 0 Å². The quantitative estimate of drug-likeness (QED) is 0.793. The minimum absolute atomic E-state index is 0.00915. The molecule has 1 unspecified atom stereocenters. The lowest BCUT2D eigenvalue weighted by molar-refractivity contribution is -0.124. The normalized spacial score (nSPS) is 12.5. The molecular formula is C16H26N2O. The Hall–Kier alpha value is -1.35. The van der Waals surface area contributed by atoms with Gasteiger partial charge in [-0.15, -0.1) is 0 Å². The fourth-order valence-electron chi connectivity index (χ4n) is 1.84. The molecule has 3 heteroatoms. The van der Waals surface area contributed by atoms with Crippen LogP contribution in [0.3, 0.4) is 0 Å². The number of carbonyl (C=O) groups is 1. The van der Waals surface area contributed by atoms with E-state index in [0.29, 0.717) is 12.5 Å². The number of hydrogen-bond donors (Lipinski definition) is 2. The van der Waals surface area contributed by atoms with Gasteiger partial charge in [-0.05, 0) is 23.6 Å². The van der Waals surface area contributed by atoms with E-state index in [4.69, 9.17) is 0 Å². The molecule has 0 heterocycles. The summed E-state index contributed by atoms with van der Waals surface area (Å²) in [5, 5.41) is 6.16. The van der Waals surface area contributed by atoms with Gasteiger partial charge in [0.1, 0.15) is 0 Å². The van der Waals surface area contributed by atoms with E-state index in [1.54, 1.807) is 0 Å². The fraction of sp³-hybridized carbons (Fsp3) is 0.562. The van der Waals surface area contributed by atoms with E-state index in [1.807, 2.05) is 13.8 Å². The molecule has 0 fully saturated rings. The molecule has 0 aromatic heterocycles. The Kier molecular flexibility index (Phi) is 6.57. The third-order valence-electron chi connectivity index (χ3n) is 3.26. The van der Waals surface area contributed by atoms with E-state index in [1.165, 1.54) is 5.56 Å². The van der Waals surface area contributed by atoms with Crippen LogP contribution in [-0.2, 0) is 11.3 Å². The van der Waals surface area contributed by atoms with Crippen molar-refractivity contribution in [2.24, 2.45) is 5.92 Å². The Morgan fingerprint density at radius 1 is 1.16 bits per heavy atom. The summed E-state index contributed by atoms with van der Waals surface area (Å²) in [6, 6.07) is 8.44. The van der Waals surface area contributed by atoms with Gasteiger partial charge in [-0.1, -0.05) is 52.0 Å². The van der Waals surface area contributed by atoms with Crippen molar-refractivity contribution in [3.05, 3.63) is 35.4 Å². The molecule has 0 aliphatic heterocycles. The van der Waals surface area contributed by atoms with Crippen LogP contribution in [0, 0.1) is 5.92 Å². The number of benzene rings is 1. The molecule has 0 saturated carbocycles. The van der Waals surface area contributed by atoms with Gasteiger partial charge in [-0.25, -0.2) is 0 Å². The number of carbonyl (C=O) groups excluding carboxylic acids is 1. The Bertz CT molecular complexity index is 384. The molecule has 0 bridgehead atoms. The van der Waals surface area contributed by atoms with E-state index < -0.39 is 0 Å². The van der Waals surface area contributed by atoms with Crippen molar-refractivity contribution in [2.45, 2.75) is 40.2 Å². The van der Waals surface area contributed by atoms with E-state index in [-0.39, 0.29) is 11.8 Å². The molecule has 1 atom stereocenters. The number of hydrogen-bond acceptors (Lipinski definition) is 2. The van der Waals surface area contributed by atoms with Crippen molar-refractivity contribution in [1.82, 2.24) is 10.6 Å². The summed E-state index contributed by atoms with van der Waals surface area (Å²) in [6.45, 7) is 10.6. The lowest BCUT2D eigenvalue weighted by Gasteiger charge is -2.13. The first-order chi connectivity index (χ1) is 9.04. The average molecular weight is 262 g/mol. The molecule has 1 aromatic carbocycles. The lowest BCUT2D eigenvalue weighted by Crippen LogP contribution is -2.34. The van der Waals surface area contributed by atoms with Crippen molar-refractivity contribution >= 4 is 5.91 Å². The molecule has 0 spiro atoms. The standard InChI is InChI=1S/C16H26N2O/c1-5-17-10-13(4)16(19)18-11-14-6-8-15(9-7-14)12(2)3/h6-9,12-13,17H,5,10-11H2,1-4H3,(H,18,19). The van der Waals surface area contributed by atoms with Crippen LogP contribution in [0.15, 0.2) is 24.3 Å². The van der Waals surface area contributed by atoms with Gasteiger partial charge in [-0.3, -0.25) is 4.79 Å². The van der Waals surface area contributed by atoms with Crippen LogP contribution < -0.4 is 10.6 Å². The Labute approximate surface area is 116 Å². The first-order valence-corrected chi connectivity index (χ1v) is 7.11. The molecule has 19 heavy (non-hydrogen) atoms. The second-order valence-electron chi connectivity index (χ2n) is 5.32. The average Bonchev–Trinajstić information content (AvgIpc) is 2.42. The third-order valence-corrected chi connectivity index (χ3v) is 3.26. The van der Waals surface area contributed by atoms with Crippen LogP contribution in [0.1, 0.15) is 44.7 Å². The van der Waals surface area contributed by atoms with Crippen molar-refractivity contribution < 1.29 is 4.79 Å². The molecule has 0 saturated heterocycles. The van der Waals surface area contributed by atoms with Crippen LogP contribution in [0.5, 0.6) is 0 Å². The highest BCUT2D eigenvalue weighted by molar-refractivity contribution is 5.78. The van der Waals surface area contributed by atoms with Crippen molar-refractivity contribution in [2.75, 3.05) is 13.1 Å². The maximum atomic E-state index is 11.8. The first kappa shape index (κ1) is 15.7. The summed E-state index contributed by atoms with van der Waals surface area (Å²) in [7, 11) is 0. The molecule has 1 aromatic rings. The topological polar surface area (TPSA) is 41.1 Å². The number of amides is 1. The summed E-state index contributed by atoms with van der Waals surface area (Å²) >= 11 is 0. The summed E-state index contributed by atoms with van der Waals surface area (Å²) < 4.78 is 0. The minimum atomic E-state index is 0.00915. The smallest absolute Gasteiger partial charge is 0.224 e. The Morgan fingerprint density at radius 2 is 1.79 bits per heavy atom. The molecule has 0 aliphatic rings. The summed E-state index contributed by atoms with van der Waals surface area (Å²) in [5.74, 6) is 0.660. The zero-order valence-corrected chi connectivity index (χ0v) is 12.5. The molecule has 0 radical (unpaired) electrons. The predicted molar refractivity (Wildman–Crippen MR) is 80.1 cm³/mol. The molecule has 0 aliphatic carbocycles. The van der Waals surface area contributed by atoms with Crippen LogP contribution >= 0.6 is 0 Å². The van der Waals surface area contributed by atoms with Gasteiger partial charge in [0.25, 0.3) is 0 Å². The molecule has 2 N–H and O–H groups in total. The van der Waals surface area contributed by atoms with Gasteiger partial charge in [0.2, 0.25) is 5.91 Å². The van der Waals surface area contributed by atoms with Gasteiger partial charge in [0, 0.05) is 19.0 Å². The zero-order chi connectivity index (χ0) is 14.3. The van der Waals surface area contributed by atoms with Crippen LogP contribution in [-0.4, -0.2) is 19.0 Å². The summed E-state index contributed by atoms with van der Waals surface area (Å²) in [4.78, 5) is 11.8. The largest absolute Gasteiger partial charge is 0.352 e. The lowest BCUT2D eigenvalue weighted by atomic mass is 10.0. The molecule has 1 amide bonds. The second-order valence-corrected chi connectivity index (χ2v) is 5.32. The predicted octanol–water partition coefficient (Wildman–Crippen LogP) is 2.67. The van der Waals surface area contributed by atoms with Crippen LogP contribution in [0.4, 0.5) is 0 Å². The van der Waals surface area contributed by atoms with E-state index in [0.717, 1.165) is 18.7 Å². The highest BCUT2D eigenvalue weighted by Crippen LogP contribution is 2.14. The minimum Gasteiger partial charge on any atom is -0.352 e. The van der Waals surface area contributed by atoms with Gasteiger partial charge in [-0.2, -0.15) is 0 Å². The van der Waals surface area contributed by atoms with Gasteiger partial charge in [0.05, 0.1) is 0 Å². The number of nitrogens with one attached hydrogen (secondary N) is 2. The fourth-order valence-corrected chi connectivity index (χ4v) is 1.84.